The molecule has 3 unspecified atom stereocenters. The van der Waals surface area contributed by atoms with Crippen molar-refractivity contribution in [3.8, 4) is 0 Å². The molecule has 3 atom stereocenters. The smallest absolute Gasteiger partial charge is 0.0771 e. The van der Waals surface area contributed by atoms with Crippen molar-refractivity contribution < 1.29 is 5.11 Å². The fourth-order valence-electron chi connectivity index (χ4n) is 4.10. The van der Waals surface area contributed by atoms with E-state index in [2.05, 4.69) is 10.2 Å². The number of rotatable bonds is 3. The quantitative estimate of drug-likeness (QED) is 0.751. The fraction of sp³-hybridized carbons (Fsp3) is 1.00. The van der Waals surface area contributed by atoms with Gasteiger partial charge in [-0.15, -0.1) is 0 Å². The van der Waals surface area contributed by atoms with Gasteiger partial charge in [0.15, 0.2) is 0 Å². The first kappa shape index (κ1) is 12.9. The topological polar surface area (TPSA) is 35.5 Å². The molecule has 2 aliphatic heterocycles. The molecule has 0 aromatic heterocycles. The van der Waals surface area contributed by atoms with Crippen molar-refractivity contribution in [3.63, 3.8) is 0 Å². The highest BCUT2D eigenvalue weighted by atomic mass is 16.3. The Bertz CT molecular complexity index is 274. The number of fused-ring (bicyclic) bond motifs is 2. The maximum absolute atomic E-state index is 10.7. The van der Waals surface area contributed by atoms with Crippen molar-refractivity contribution in [2.75, 3.05) is 26.2 Å². The first-order valence-electron chi connectivity index (χ1n) is 7.93. The van der Waals surface area contributed by atoms with E-state index in [0.29, 0.717) is 6.04 Å². The monoisotopic (exact) mass is 252 g/mol. The Kier molecular flexibility index (Phi) is 3.92. The summed E-state index contributed by atoms with van der Waals surface area (Å²) in [5, 5.41) is 14.4. The van der Waals surface area contributed by atoms with Crippen LogP contribution in [0.15, 0.2) is 0 Å². The second-order valence-corrected chi connectivity index (χ2v) is 6.76. The van der Waals surface area contributed by atoms with Crippen LogP contribution in [0.1, 0.15) is 51.4 Å². The van der Waals surface area contributed by atoms with Crippen LogP contribution in [-0.4, -0.2) is 47.8 Å². The molecule has 0 amide bonds. The lowest BCUT2D eigenvalue weighted by molar-refractivity contribution is 0.0192. The van der Waals surface area contributed by atoms with Crippen molar-refractivity contribution in [2.24, 2.45) is 5.92 Å². The minimum atomic E-state index is -0.410. The van der Waals surface area contributed by atoms with Gasteiger partial charge in [0.05, 0.1) is 5.60 Å². The molecule has 2 bridgehead atoms. The van der Waals surface area contributed by atoms with Gasteiger partial charge in [-0.1, -0.05) is 25.7 Å². The third-order valence-electron chi connectivity index (χ3n) is 5.36. The molecule has 1 aliphatic carbocycles. The largest absolute Gasteiger partial charge is 0.389 e. The van der Waals surface area contributed by atoms with E-state index in [1.807, 2.05) is 0 Å². The molecule has 3 rings (SSSR count). The van der Waals surface area contributed by atoms with Crippen LogP contribution in [0.5, 0.6) is 0 Å². The summed E-state index contributed by atoms with van der Waals surface area (Å²) in [5.41, 5.74) is -0.410. The molecule has 2 N–H and O–H groups in total. The molecule has 0 aromatic carbocycles. The molecule has 1 saturated carbocycles. The van der Waals surface area contributed by atoms with Crippen LogP contribution in [0.4, 0.5) is 0 Å². The molecule has 3 aliphatic rings. The molecular formula is C15H28N2O. The van der Waals surface area contributed by atoms with Crippen molar-refractivity contribution in [3.05, 3.63) is 0 Å². The minimum absolute atomic E-state index is 0.410. The van der Waals surface area contributed by atoms with Crippen molar-refractivity contribution in [1.29, 1.82) is 0 Å². The van der Waals surface area contributed by atoms with Gasteiger partial charge in [-0.25, -0.2) is 0 Å². The summed E-state index contributed by atoms with van der Waals surface area (Å²) in [4.78, 5) is 2.59. The summed E-state index contributed by atoms with van der Waals surface area (Å²) in [6.45, 7) is 4.67. The zero-order valence-corrected chi connectivity index (χ0v) is 11.5. The number of hydrogen-bond acceptors (Lipinski definition) is 3. The highest BCUT2D eigenvalue weighted by Crippen LogP contribution is 2.29. The first-order valence-corrected chi connectivity index (χ1v) is 7.93. The Balaban J connectivity index is 1.50. The summed E-state index contributed by atoms with van der Waals surface area (Å²) in [6, 6.07) is 0.663. The number of piperidine rings is 1. The Hall–Kier alpha value is -0.120. The molecule has 0 radical (unpaired) electrons. The van der Waals surface area contributed by atoms with Crippen LogP contribution in [-0.2, 0) is 0 Å². The number of aliphatic hydroxyl groups is 1. The van der Waals surface area contributed by atoms with E-state index in [1.54, 1.807) is 0 Å². The molecule has 0 spiro atoms. The second kappa shape index (κ2) is 5.48. The molecule has 18 heavy (non-hydrogen) atoms. The van der Waals surface area contributed by atoms with E-state index in [4.69, 9.17) is 0 Å². The number of nitrogens with one attached hydrogen (secondary N) is 1. The molecule has 104 valence electrons. The maximum atomic E-state index is 10.7. The predicted octanol–water partition coefficient (Wildman–Crippen LogP) is 1.76. The zero-order valence-electron chi connectivity index (χ0n) is 11.5. The highest BCUT2D eigenvalue weighted by molar-refractivity contribution is 4.93. The summed E-state index contributed by atoms with van der Waals surface area (Å²) in [7, 11) is 0. The van der Waals surface area contributed by atoms with E-state index in [0.717, 1.165) is 25.3 Å². The second-order valence-electron chi connectivity index (χ2n) is 6.76. The maximum Gasteiger partial charge on any atom is 0.0771 e. The normalized spacial score (nSPS) is 39.5. The van der Waals surface area contributed by atoms with Gasteiger partial charge >= 0.3 is 0 Å². The van der Waals surface area contributed by atoms with E-state index in [-0.39, 0.29) is 0 Å². The number of hydrogen-bond donors (Lipinski definition) is 2. The van der Waals surface area contributed by atoms with Gasteiger partial charge in [-0.2, -0.15) is 0 Å². The Labute approximate surface area is 111 Å². The molecule has 2 saturated heterocycles. The highest BCUT2D eigenvalue weighted by Gasteiger charge is 2.36. The molecule has 3 nitrogen and oxygen atoms in total. The standard InChI is InChI=1S/C15H28N2O/c18-15(7-3-1-2-4-8-15)12-16-14-6-10-17-9-5-13(14)11-17/h13-14,16,18H,1-12H2. The van der Waals surface area contributed by atoms with Crippen LogP contribution >= 0.6 is 0 Å². The fourth-order valence-corrected chi connectivity index (χ4v) is 4.10. The van der Waals surface area contributed by atoms with Gasteiger partial charge < -0.3 is 15.3 Å². The first-order chi connectivity index (χ1) is 8.75. The van der Waals surface area contributed by atoms with Gasteiger partial charge in [0.1, 0.15) is 0 Å². The molecule has 3 heteroatoms. The Morgan fingerprint density at radius 1 is 1.06 bits per heavy atom. The molecule has 2 heterocycles. The molecule has 3 fully saturated rings. The zero-order chi connectivity index (χ0) is 12.4. The predicted molar refractivity (Wildman–Crippen MR) is 73.6 cm³/mol. The summed E-state index contributed by atoms with van der Waals surface area (Å²) >= 11 is 0. The molecular weight excluding hydrogens is 224 g/mol. The summed E-state index contributed by atoms with van der Waals surface area (Å²) < 4.78 is 0. The van der Waals surface area contributed by atoms with Gasteiger partial charge in [0, 0.05) is 19.1 Å². The van der Waals surface area contributed by atoms with Crippen LogP contribution in [0, 0.1) is 5.92 Å². The van der Waals surface area contributed by atoms with Gasteiger partial charge in [0.2, 0.25) is 0 Å². The minimum Gasteiger partial charge on any atom is -0.389 e. The average Bonchev–Trinajstić information content (AvgIpc) is 2.62. The van der Waals surface area contributed by atoms with E-state index in [9.17, 15) is 5.11 Å². The van der Waals surface area contributed by atoms with Crippen molar-refractivity contribution in [2.45, 2.75) is 63.0 Å². The summed E-state index contributed by atoms with van der Waals surface area (Å²) in [5.74, 6) is 0.841. The van der Waals surface area contributed by atoms with E-state index < -0.39 is 5.60 Å². The Morgan fingerprint density at radius 2 is 1.78 bits per heavy atom. The van der Waals surface area contributed by atoms with Gasteiger partial charge in [-0.3, -0.25) is 0 Å². The third-order valence-corrected chi connectivity index (χ3v) is 5.36. The Morgan fingerprint density at radius 3 is 2.56 bits per heavy atom. The lowest BCUT2D eigenvalue weighted by Crippen LogP contribution is -2.49. The average molecular weight is 252 g/mol. The van der Waals surface area contributed by atoms with E-state index in [1.165, 1.54) is 58.2 Å². The van der Waals surface area contributed by atoms with Crippen molar-refractivity contribution in [1.82, 2.24) is 10.2 Å². The number of nitrogens with zero attached hydrogens (tertiary/aromatic N) is 1. The SMILES string of the molecule is OC1(CNC2CCN3CCC2C3)CCCCCC1. The van der Waals surface area contributed by atoms with Crippen molar-refractivity contribution >= 4 is 0 Å². The van der Waals surface area contributed by atoms with E-state index >= 15 is 0 Å². The van der Waals surface area contributed by atoms with Crippen LogP contribution in [0.2, 0.25) is 0 Å². The molecule has 0 aromatic rings. The van der Waals surface area contributed by atoms with Gasteiger partial charge in [0.25, 0.3) is 0 Å². The lowest BCUT2D eigenvalue weighted by atomic mass is 9.90. The van der Waals surface area contributed by atoms with Crippen LogP contribution in [0.25, 0.3) is 0 Å². The van der Waals surface area contributed by atoms with Gasteiger partial charge in [-0.05, 0) is 44.7 Å². The summed E-state index contributed by atoms with van der Waals surface area (Å²) in [6.07, 6.45) is 9.68. The van der Waals surface area contributed by atoms with Crippen LogP contribution < -0.4 is 5.32 Å². The lowest BCUT2D eigenvalue weighted by Gasteiger charge is -2.35. The van der Waals surface area contributed by atoms with Crippen LogP contribution in [0.3, 0.4) is 0 Å². The third kappa shape index (κ3) is 2.89.